The lowest BCUT2D eigenvalue weighted by molar-refractivity contribution is -0.0956. The Morgan fingerprint density at radius 3 is 2.79 bits per heavy atom. The van der Waals surface area contributed by atoms with Gasteiger partial charge in [0.05, 0.1) is 18.0 Å². The molecule has 0 atom stereocenters. The Balaban J connectivity index is 1.66. The van der Waals surface area contributed by atoms with Crippen molar-refractivity contribution < 1.29 is 9.90 Å². The Hall–Kier alpha value is -0.870. The van der Waals surface area contributed by atoms with Crippen molar-refractivity contribution in [1.82, 2.24) is 4.90 Å². The summed E-state index contributed by atoms with van der Waals surface area (Å²) in [6.07, 6.45) is 4.40. The summed E-state index contributed by atoms with van der Waals surface area (Å²) in [5, 5.41) is 10.3. The van der Waals surface area contributed by atoms with Crippen LogP contribution < -0.4 is 0 Å². The third-order valence-electron chi connectivity index (χ3n) is 4.30. The summed E-state index contributed by atoms with van der Waals surface area (Å²) in [6.45, 7) is 5.29. The Labute approximate surface area is 118 Å². The zero-order chi connectivity index (χ0) is 13.6. The number of β-amino-alcohol motifs (C(OH)–C–C–N with tert-alkyl or cyclic N) is 1. The van der Waals surface area contributed by atoms with E-state index in [-0.39, 0.29) is 5.91 Å². The first-order valence-corrected chi connectivity index (χ1v) is 7.96. The normalized spacial score (nSPS) is 21.3. The fourth-order valence-electron chi connectivity index (χ4n) is 2.94. The molecule has 1 aromatic rings. The van der Waals surface area contributed by atoms with Crippen LogP contribution in [0.15, 0.2) is 6.07 Å². The van der Waals surface area contributed by atoms with E-state index in [9.17, 15) is 9.90 Å². The average molecular weight is 279 g/mol. The number of hydrogen-bond acceptors (Lipinski definition) is 3. The third kappa shape index (κ3) is 2.32. The number of hydrogen-bond donors (Lipinski definition) is 1. The Morgan fingerprint density at radius 2 is 2.21 bits per heavy atom. The van der Waals surface area contributed by atoms with Gasteiger partial charge >= 0.3 is 0 Å². The average Bonchev–Trinajstić information content (AvgIpc) is 3.12. The highest BCUT2D eigenvalue weighted by molar-refractivity contribution is 7.14. The van der Waals surface area contributed by atoms with Crippen LogP contribution in [0, 0.1) is 12.8 Å². The number of rotatable bonds is 4. The maximum absolute atomic E-state index is 12.4. The van der Waals surface area contributed by atoms with Gasteiger partial charge in [0.25, 0.3) is 5.91 Å². The fraction of sp³-hybridized carbons (Fsp3) is 0.667. The van der Waals surface area contributed by atoms with Crippen LogP contribution in [0.25, 0.3) is 0 Å². The summed E-state index contributed by atoms with van der Waals surface area (Å²) in [5.74, 6) is 0.540. The molecular weight excluding hydrogens is 258 g/mol. The molecule has 0 spiro atoms. The van der Waals surface area contributed by atoms with Gasteiger partial charge in [0.15, 0.2) is 0 Å². The molecule has 4 heteroatoms. The zero-order valence-electron chi connectivity index (χ0n) is 11.6. The molecule has 2 fully saturated rings. The topological polar surface area (TPSA) is 40.5 Å². The standard InChI is InChI=1S/C15H21NO2S/c1-3-4-11-7-13(19-10(11)2)14(17)16-8-15(18,9-16)12-5-6-12/h7,12,18H,3-6,8-9H2,1-2H3. The molecule has 0 bridgehead atoms. The smallest absolute Gasteiger partial charge is 0.264 e. The molecule has 1 aromatic heterocycles. The van der Waals surface area contributed by atoms with E-state index < -0.39 is 5.60 Å². The summed E-state index contributed by atoms with van der Waals surface area (Å²) < 4.78 is 0. The highest BCUT2D eigenvalue weighted by Gasteiger charge is 2.53. The molecule has 1 saturated heterocycles. The van der Waals surface area contributed by atoms with Gasteiger partial charge in [0, 0.05) is 4.88 Å². The van der Waals surface area contributed by atoms with Gasteiger partial charge in [-0.2, -0.15) is 0 Å². The second-order valence-corrected chi connectivity index (χ2v) is 7.24. The summed E-state index contributed by atoms with van der Waals surface area (Å²) >= 11 is 1.59. The predicted octanol–water partition coefficient (Wildman–Crippen LogP) is 2.61. The molecule has 3 nitrogen and oxygen atoms in total. The Morgan fingerprint density at radius 1 is 1.53 bits per heavy atom. The third-order valence-corrected chi connectivity index (χ3v) is 5.39. The van der Waals surface area contributed by atoms with Crippen LogP contribution in [0.1, 0.15) is 46.3 Å². The molecule has 2 aliphatic rings. The van der Waals surface area contributed by atoms with Gasteiger partial charge in [0.1, 0.15) is 5.60 Å². The zero-order valence-corrected chi connectivity index (χ0v) is 12.4. The first kappa shape index (κ1) is 13.1. The fourth-order valence-corrected chi connectivity index (χ4v) is 3.98. The van der Waals surface area contributed by atoms with Crippen LogP contribution in [0.4, 0.5) is 0 Å². The SMILES string of the molecule is CCCc1cc(C(=O)N2CC(O)(C3CC3)C2)sc1C. The molecule has 3 rings (SSSR count). The van der Waals surface area contributed by atoms with Crippen LogP contribution >= 0.6 is 11.3 Å². The summed E-state index contributed by atoms with van der Waals surface area (Å²) in [7, 11) is 0. The number of aliphatic hydroxyl groups is 1. The quantitative estimate of drug-likeness (QED) is 0.920. The van der Waals surface area contributed by atoms with Gasteiger partial charge < -0.3 is 10.0 Å². The van der Waals surface area contributed by atoms with Crippen molar-refractivity contribution >= 4 is 17.2 Å². The lowest BCUT2D eigenvalue weighted by Crippen LogP contribution is -2.64. The van der Waals surface area contributed by atoms with Gasteiger partial charge in [-0.3, -0.25) is 4.79 Å². The van der Waals surface area contributed by atoms with E-state index in [0.29, 0.717) is 19.0 Å². The van der Waals surface area contributed by atoms with Crippen molar-refractivity contribution in [2.45, 2.75) is 45.1 Å². The maximum Gasteiger partial charge on any atom is 0.264 e. The van der Waals surface area contributed by atoms with Crippen LogP contribution in [0.5, 0.6) is 0 Å². The molecule has 1 aliphatic carbocycles. The minimum absolute atomic E-state index is 0.0979. The van der Waals surface area contributed by atoms with E-state index in [0.717, 1.165) is 30.6 Å². The molecule has 0 aromatic carbocycles. The van der Waals surface area contributed by atoms with Crippen LogP contribution in [-0.2, 0) is 6.42 Å². The number of aryl methyl sites for hydroxylation is 2. The van der Waals surface area contributed by atoms with Crippen molar-refractivity contribution in [3.63, 3.8) is 0 Å². The van der Waals surface area contributed by atoms with E-state index in [1.807, 2.05) is 6.07 Å². The predicted molar refractivity (Wildman–Crippen MR) is 76.6 cm³/mol. The number of carbonyl (C=O) groups excluding carboxylic acids is 1. The number of thiophene rings is 1. The van der Waals surface area contributed by atoms with Crippen molar-refractivity contribution in [2.24, 2.45) is 5.92 Å². The highest BCUT2D eigenvalue weighted by Crippen LogP contribution is 2.45. The van der Waals surface area contributed by atoms with Crippen LogP contribution in [0.2, 0.25) is 0 Å². The van der Waals surface area contributed by atoms with Crippen LogP contribution in [-0.4, -0.2) is 34.6 Å². The molecule has 104 valence electrons. The number of carbonyl (C=O) groups is 1. The van der Waals surface area contributed by atoms with Crippen LogP contribution in [0.3, 0.4) is 0 Å². The van der Waals surface area contributed by atoms with E-state index in [4.69, 9.17) is 0 Å². The number of nitrogens with zero attached hydrogens (tertiary/aromatic N) is 1. The van der Waals surface area contributed by atoms with E-state index in [1.54, 1.807) is 16.2 Å². The molecule has 0 unspecified atom stereocenters. The summed E-state index contributed by atoms with van der Waals surface area (Å²) in [6, 6.07) is 2.04. The van der Waals surface area contributed by atoms with Gasteiger partial charge in [-0.05, 0) is 43.7 Å². The van der Waals surface area contributed by atoms with E-state index in [1.165, 1.54) is 10.4 Å². The van der Waals surface area contributed by atoms with Crippen molar-refractivity contribution in [3.05, 3.63) is 21.4 Å². The highest BCUT2D eigenvalue weighted by atomic mass is 32.1. The van der Waals surface area contributed by atoms with Gasteiger partial charge in [-0.1, -0.05) is 13.3 Å². The maximum atomic E-state index is 12.4. The first-order chi connectivity index (χ1) is 9.03. The second-order valence-electron chi connectivity index (χ2n) is 5.98. The lowest BCUT2D eigenvalue weighted by Gasteiger charge is -2.46. The summed E-state index contributed by atoms with van der Waals surface area (Å²) in [4.78, 5) is 16.2. The Kier molecular flexibility index (Phi) is 3.18. The molecule has 19 heavy (non-hydrogen) atoms. The molecule has 0 radical (unpaired) electrons. The molecular formula is C15H21NO2S. The van der Waals surface area contributed by atoms with Crippen molar-refractivity contribution in [1.29, 1.82) is 0 Å². The summed E-state index contributed by atoms with van der Waals surface area (Å²) in [5.41, 5.74) is 0.725. The van der Waals surface area contributed by atoms with Gasteiger partial charge in [0.2, 0.25) is 0 Å². The first-order valence-electron chi connectivity index (χ1n) is 7.14. The molecule has 1 amide bonds. The van der Waals surface area contributed by atoms with Gasteiger partial charge in [-0.15, -0.1) is 11.3 Å². The van der Waals surface area contributed by atoms with E-state index >= 15 is 0 Å². The van der Waals surface area contributed by atoms with Crippen molar-refractivity contribution in [2.75, 3.05) is 13.1 Å². The van der Waals surface area contributed by atoms with Crippen molar-refractivity contribution in [3.8, 4) is 0 Å². The lowest BCUT2D eigenvalue weighted by atomic mass is 9.88. The second kappa shape index (κ2) is 4.60. The van der Waals surface area contributed by atoms with E-state index in [2.05, 4.69) is 13.8 Å². The molecule has 2 heterocycles. The Bertz CT molecular complexity index is 498. The van der Waals surface area contributed by atoms with Gasteiger partial charge in [-0.25, -0.2) is 0 Å². The molecule has 1 saturated carbocycles. The monoisotopic (exact) mass is 279 g/mol. The number of amides is 1. The molecule has 1 aliphatic heterocycles. The minimum Gasteiger partial charge on any atom is -0.386 e. The number of likely N-dealkylation sites (tertiary alicyclic amines) is 1. The molecule has 1 N–H and O–H groups in total. The largest absolute Gasteiger partial charge is 0.386 e. The minimum atomic E-state index is -0.575.